The van der Waals surface area contributed by atoms with Crippen LogP contribution >= 0.6 is 11.6 Å². The third-order valence-electron chi connectivity index (χ3n) is 4.96. The van der Waals surface area contributed by atoms with Crippen LogP contribution in [0.1, 0.15) is 25.8 Å². The van der Waals surface area contributed by atoms with Crippen molar-refractivity contribution in [3.8, 4) is 16.9 Å². The van der Waals surface area contributed by atoms with Crippen molar-refractivity contribution in [3.63, 3.8) is 0 Å². The molecule has 2 aromatic carbocycles. The summed E-state index contributed by atoms with van der Waals surface area (Å²) in [5, 5.41) is 0.463. The van der Waals surface area contributed by atoms with E-state index in [0.717, 1.165) is 11.1 Å². The molecular formula is C20H20ClN3O2. The highest BCUT2D eigenvalue weighted by atomic mass is 35.5. The molecule has 0 fully saturated rings. The number of halogens is 1. The van der Waals surface area contributed by atoms with E-state index in [1.54, 1.807) is 7.05 Å². The lowest BCUT2D eigenvalue weighted by molar-refractivity contribution is -0.133. The van der Waals surface area contributed by atoms with E-state index < -0.39 is 11.1 Å². The summed E-state index contributed by atoms with van der Waals surface area (Å²) in [4.78, 5) is 19.1. The standard InChI is InChI=1S/C20H20ClN3O2/c1-19(2)11-20(17(25)24(3)18(22)23-20)14-9-13(10-15(21)16(14)26-19)12-7-5-4-6-8-12/h4-10H,11H2,1-3H3,(H2,22,23). The molecule has 4 rings (SSSR count). The first-order chi connectivity index (χ1) is 12.2. The van der Waals surface area contributed by atoms with Crippen molar-refractivity contribution >= 4 is 23.5 Å². The highest BCUT2D eigenvalue weighted by Crippen LogP contribution is 2.52. The molecule has 6 heteroatoms. The van der Waals surface area contributed by atoms with Gasteiger partial charge in [-0.2, -0.15) is 0 Å². The summed E-state index contributed by atoms with van der Waals surface area (Å²) < 4.78 is 6.13. The van der Waals surface area contributed by atoms with E-state index in [0.29, 0.717) is 22.8 Å². The maximum Gasteiger partial charge on any atom is 0.261 e. The first-order valence-electron chi connectivity index (χ1n) is 8.45. The molecule has 1 unspecified atom stereocenters. The molecule has 0 radical (unpaired) electrons. The van der Waals surface area contributed by atoms with Crippen LogP contribution in [0.15, 0.2) is 47.5 Å². The number of rotatable bonds is 1. The summed E-state index contributed by atoms with van der Waals surface area (Å²) >= 11 is 6.58. The number of nitrogens with two attached hydrogens (primary N) is 1. The zero-order chi connectivity index (χ0) is 18.7. The molecule has 5 nitrogen and oxygen atoms in total. The molecule has 134 valence electrons. The maximum atomic E-state index is 13.1. The van der Waals surface area contributed by atoms with Crippen LogP contribution < -0.4 is 10.5 Å². The SMILES string of the molecule is CN1C(=O)C2(CC(C)(C)Oc3c(Cl)cc(-c4ccccc4)cc32)N=C1N. The van der Waals surface area contributed by atoms with E-state index in [1.807, 2.05) is 56.3 Å². The van der Waals surface area contributed by atoms with Crippen LogP contribution in [0.4, 0.5) is 0 Å². The average Bonchev–Trinajstić information content (AvgIpc) is 2.80. The summed E-state index contributed by atoms with van der Waals surface area (Å²) in [6.07, 6.45) is 0.394. The number of benzene rings is 2. The summed E-state index contributed by atoms with van der Waals surface area (Å²) in [6.45, 7) is 3.85. The molecule has 0 aliphatic carbocycles. The van der Waals surface area contributed by atoms with Crippen LogP contribution in [-0.2, 0) is 10.3 Å². The van der Waals surface area contributed by atoms with Gasteiger partial charge in [-0.1, -0.05) is 41.9 Å². The number of likely N-dealkylation sites (N-methyl/N-ethyl adjacent to an activating group) is 1. The van der Waals surface area contributed by atoms with Crippen LogP contribution in [0.3, 0.4) is 0 Å². The van der Waals surface area contributed by atoms with E-state index >= 15 is 0 Å². The van der Waals surface area contributed by atoms with Gasteiger partial charge in [0.1, 0.15) is 11.4 Å². The Morgan fingerprint density at radius 3 is 2.50 bits per heavy atom. The van der Waals surface area contributed by atoms with E-state index in [-0.39, 0.29) is 11.9 Å². The fourth-order valence-electron chi connectivity index (χ4n) is 3.82. The van der Waals surface area contributed by atoms with Crippen LogP contribution in [-0.4, -0.2) is 29.4 Å². The van der Waals surface area contributed by atoms with Crippen molar-refractivity contribution in [3.05, 3.63) is 53.1 Å². The Hall–Kier alpha value is -2.53. The predicted octanol–water partition coefficient (Wildman–Crippen LogP) is 3.55. The molecular weight excluding hydrogens is 350 g/mol. The molecule has 0 bridgehead atoms. The molecule has 2 aliphatic rings. The lowest BCUT2D eigenvalue weighted by Gasteiger charge is -2.41. The molecule has 0 saturated carbocycles. The van der Waals surface area contributed by atoms with E-state index in [4.69, 9.17) is 22.1 Å². The van der Waals surface area contributed by atoms with Crippen molar-refractivity contribution in [1.82, 2.24) is 4.90 Å². The van der Waals surface area contributed by atoms with Gasteiger partial charge in [-0.15, -0.1) is 0 Å². The Bertz CT molecular complexity index is 940. The molecule has 0 saturated heterocycles. The number of carbonyl (C=O) groups excluding carboxylic acids is 1. The normalized spacial score (nSPS) is 23.6. The highest BCUT2D eigenvalue weighted by Gasteiger charge is 2.56. The number of nitrogens with zero attached hydrogens (tertiary/aromatic N) is 2. The molecule has 1 spiro atoms. The van der Waals surface area contributed by atoms with Gasteiger partial charge in [-0.05, 0) is 37.1 Å². The quantitative estimate of drug-likeness (QED) is 0.835. The minimum Gasteiger partial charge on any atom is -0.486 e. The molecule has 0 aromatic heterocycles. The van der Waals surface area contributed by atoms with Crippen molar-refractivity contribution in [2.75, 3.05) is 7.05 Å². The summed E-state index contributed by atoms with van der Waals surface area (Å²) in [5.74, 6) is 0.552. The monoisotopic (exact) mass is 369 g/mol. The molecule has 1 amide bonds. The molecule has 2 N–H and O–H groups in total. The second-order valence-corrected chi connectivity index (χ2v) is 7.84. The fourth-order valence-corrected chi connectivity index (χ4v) is 4.07. The Balaban J connectivity index is 1.99. The summed E-state index contributed by atoms with van der Waals surface area (Å²) in [7, 11) is 1.64. The number of hydrogen-bond acceptors (Lipinski definition) is 4. The minimum atomic E-state index is -1.11. The molecule has 2 heterocycles. The van der Waals surface area contributed by atoms with E-state index in [2.05, 4.69) is 4.99 Å². The topological polar surface area (TPSA) is 67.9 Å². The van der Waals surface area contributed by atoms with E-state index in [9.17, 15) is 4.79 Å². The Labute approximate surface area is 157 Å². The highest BCUT2D eigenvalue weighted by molar-refractivity contribution is 6.32. The number of carbonyl (C=O) groups is 1. The van der Waals surface area contributed by atoms with Gasteiger partial charge in [0.15, 0.2) is 11.5 Å². The number of guanidine groups is 1. The number of aliphatic imine (C=N–C) groups is 1. The van der Waals surface area contributed by atoms with Gasteiger partial charge in [-0.25, -0.2) is 4.99 Å². The molecule has 2 aliphatic heterocycles. The van der Waals surface area contributed by atoms with Crippen molar-refractivity contribution in [2.24, 2.45) is 10.7 Å². The Kier molecular flexibility index (Phi) is 3.57. The number of amides is 1. The minimum absolute atomic E-state index is 0.158. The molecule has 1 atom stereocenters. The Morgan fingerprint density at radius 1 is 1.19 bits per heavy atom. The second kappa shape index (κ2) is 5.48. The van der Waals surface area contributed by atoms with Crippen LogP contribution in [0.25, 0.3) is 11.1 Å². The fraction of sp³-hybridized carbons (Fsp3) is 0.300. The number of fused-ring (bicyclic) bond motifs is 2. The maximum absolute atomic E-state index is 13.1. The van der Waals surface area contributed by atoms with Crippen LogP contribution in [0.5, 0.6) is 5.75 Å². The lowest BCUT2D eigenvalue weighted by Crippen LogP contribution is -2.49. The summed E-state index contributed by atoms with van der Waals surface area (Å²) in [6, 6.07) is 13.7. The van der Waals surface area contributed by atoms with Crippen LogP contribution in [0.2, 0.25) is 5.02 Å². The van der Waals surface area contributed by atoms with E-state index in [1.165, 1.54) is 4.90 Å². The summed E-state index contributed by atoms with van der Waals surface area (Å²) in [5.41, 5.74) is 6.86. The van der Waals surface area contributed by atoms with Crippen molar-refractivity contribution in [2.45, 2.75) is 31.4 Å². The largest absolute Gasteiger partial charge is 0.486 e. The van der Waals surface area contributed by atoms with Crippen molar-refractivity contribution in [1.29, 1.82) is 0 Å². The van der Waals surface area contributed by atoms with Crippen molar-refractivity contribution < 1.29 is 9.53 Å². The predicted molar refractivity (Wildman–Crippen MR) is 102 cm³/mol. The second-order valence-electron chi connectivity index (χ2n) is 7.43. The molecule has 2 aromatic rings. The zero-order valence-electron chi connectivity index (χ0n) is 14.9. The zero-order valence-corrected chi connectivity index (χ0v) is 15.7. The third kappa shape index (κ3) is 2.38. The van der Waals surface area contributed by atoms with Gasteiger partial charge < -0.3 is 10.5 Å². The average molecular weight is 370 g/mol. The van der Waals surface area contributed by atoms with Gasteiger partial charge in [0.2, 0.25) is 0 Å². The van der Waals surface area contributed by atoms with Gasteiger partial charge in [0, 0.05) is 19.0 Å². The van der Waals surface area contributed by atoms with Crippen LogP contribution in [0, 0.1) is 0 Å². The smallest absolute Gasteiger partial charge is 0.261 e. The molecule has 26 heavy (non-hydrogen) atoms. The number of hydrogen-bond donors (Lipinski definition) is 1. The third-order valence-corrected chi connectivity index (χ3v) is 5.24. The first-order valence-corrected chi connectivity index (χ1v) is 8.83. The first kappa shape index (κ1) is 16.9. The Morgan fingerprint density at radius 2 is 1.88 bits per heavy atom. The van der Waals surface area contributed by atoms with Gasteiger partial charge in [-0.3, -0.25) is 9.69 Å². The lowest BCUT2D eigenvalue weighted by atomic mass is 9.77. The number of ether oxygens (including phenoxy) is 1. The van der Waals surface area contributed by atoms with Gasteiger partial charge >= 0.3 is 0 Å². The van der Waals surface area contributed by atoms with Gasteiger partial charge in [0.05, 0.1) is 5.02 Å². The van der Waals surface area contributed by atoms with Gasteiger partial charge in [0.25, 0.3) is 5.91 Å².